The summed E-state index contributed by atoms with van der Waals surface area (Å²) in [4.78, 5) is 14.9. The van der Waals surface area contributed by atoms with Crippen LogP contribution in [0, 0.1) is 10.8 Å². The average Bonchev–Trinajstić information content (AvgIpc) is 2.72. The summed E-state index contributed by atoms with van der Waals surface area (Å²) in [6, 6.07) is 0. The molecule has 0 saturated carbocycles. The summed E-state index contributed by atoms with van der Waals surface area (Å²) in [5.74, 6) is 0.322. The molecule has 0 fully saturated rings. The van der Waals surface area contributed by atoms with E-state index in [-0.39, 0.29) is 5.70 Å². The number of rotatable bonds is 7. The van der Waals surface area contributed by atoms with Crippen molar-refractivity contribution in [2.75, 3.05) is 0 Å². The predicted molar refractivity (Wildman–Crippen MR) is 95.7 cm³/mol. The highest BCUT2D eigenvalue weighted by molar-refractivity contribution is 5.61. The lowest BCUT2D eigenvalue weighted by Gasteiger charge is -2.10. The van der Waals surface area contributed by atoms with E-state index in [0.29, 0.717) is 5.92 Å². The molecule has 1 aliphatic carbocycles. The molecule has 1 atom stereocenters. The summed E-state index contributed by atoms with van der Waals surface area (Å²) in [6.07, 6.45) is 17.5. The molecule has 1 unspecified atom stereocenters. The fourth-order valence-corrected chi connectivity index (χ4v) is 2.09. The first kappa shape index (κ1) is 17.8. The molecular weight excluding hydrogens is 272 g/mol. The standard InChI is InChI=1S/C19H24N2O/c1-5-18(12-11-17(4)21-22)15(2)13-14-20-19-10-8-6-7-9-16(19)3/h5-9,11-12,14-15H,4,10,13H2,1-3H3/b12-11-,18-5-,20-14?. The summed E-state index contributed by atoms with van der Waals surface area (Å²) in [6.45, 7) is 9.74. The van der Waals surface area contributed by atoms with E-state index in [1.54, 1.807) is 6.08 Å². The molecule has 116 valence electrons. The van der Waals surface area contributed by atoms with Gasteiger partial charge in [-0.3, -0.25) is 4.99 Å². The average molecular weight is 296 g/mol. The monoisotopic (exact) mass is 296 g/mol. The van der Waals surface area contributed by atoms with Crippen LogP contribution in [-0.2, 0) is 0 Å². The van der Waals surface area contributed by atoms with Crippen LogP contribution in [0.2, 0.25) is 0 Å². The van der Waals surface area contributed by atoms with Crippen LogP contribution >= 0.6 is 0 Å². The normalized spacial score (nSPS) is 17.3. The third kappa shape index (κ3) is 6.00. The molecule has 22 heavy (non-hydrogen) atoms. The third-order valence-corrected chi connectivity index (χ3v) is 3.55. The summed E-state index contributed by atoms with van der Waals surface area (Å²) < 4.78 is 0. The van der Waals surface area contributed by atoms with Gasteiger partial charge in [0.1, 0.15) is 5.70 Å². The quantitative estimate of drug-likeness (QED) is 0.340. The maximum absolute atomic E-state index is 10.3. The highest BCUT2D eigenvalue weighted by Gasteiger charge is 2.04. The Kier molecular flexibility index (Phi) is 7.76. The van der Waals surface area contributed by atoms with Crippen LogP contribution in [0.3, 0.4) is 0 Å². The van der Waals surface area contributed by atoms with E-state index in [2.05, 4.69) is 42.7 Å². The number of hydrogen-bond acceptors (Lipinski definition) is 3. The van der Waals surface area contributed by atoms with Crippen LogP contribution in [0.1, 0.15) is 33.6 Å². The van der Waals surface area contributed by atoms with Gasteiger partial charge in [0, 0.05) is 18.3 Å². The van der Waals surface area contributed by atoms with Crippen LogP contribution in [0.15, 0.2) is 81.8 Å². The van der Waals surface area contributed by atoms with Crippen molar-refractivity contribution < 1.29 is 0 Å². The van der Waals surface area contributed by atoms with Crippen molar-refractivity contribution in [3.63, 3.8) is 0 Å². The maximum atomic E-state index is 10.3. The molecule has 0 saturated heterocycles. The Balaban J connectivity index is 2.66. The van der Waals surface area contributed by atoms with E-state index in [4.69, 9.17) is 0 Å². The van der Waals surface area contributed by atoms with Crippen molar-refractivity contribution in [2.24, 2.45) is 16.1 Å². The molecule has 0 N–H and O–H groups in total. The summed E-state index contributed by atoms with van der Waals surface area (Å²) >= 11 is 0. The van der Waals surface area contributed by atoms with Gasteiger partial charge in [-0.05, 0) is 48.6 Å². The van der Waals surface area contributed by atoms with Crippen molar-refractivity contribution in [3.05, 3.63) is 76.6 Å². The summed E-state index contributed by atoms with van der Waals surface area (Å²) in [5.41, 5.74) is 3.68. The van der Waals surface area contributed by atoms with Crippen LogP contribution in [0.5, 0.6) is 0 Å². The second kappa shape index (κ2) is 9.61. The Morgan fingerprint density at radius 2 is 2.18 bits per heavy atom. The van der Waals surface area contributed by atoms with Gasteiger partial charge in [0.25, 0.3) is 0 Å². The van der Waals surface area contributed by atoms with Crippen molar-refractivity contribution in [3.8, 4) is 0 Å². The van der Waals surface area contributed by atoms with Crippen molar-refractivity contribution in [1.29, 1.82) is 0 Å². The summed E-state index contributed by atoms with van der Waals surface area (Å²) in [7, 11) is 0. The molecule has 0 heterocycles. The fraction of sp³-hybridized carbons (Fsp3) is 0.316. The van der Waals surface area contributed by atoms with Crippen LogP contribution in [0.25, 0.3) is 0 Å². The van der Waals surface area contributed by atoms with E-state index < -0.39 is 0 Å². The molecule has 0 radical (unpaired) electrons. The Morgan fingerprint density at radius 1 is 1.41 bits per heavy atom. The molecular formula is C19H24N2O. The number of allylic oxidation sites excluding steroid dienone is 9. The van der Waals surface area contributed by atoms with Crippen molar-refractivity contribution >= 4 is 6.21 Å². The third-order valence-electron chi connectivity index (χ3n) is 3.55. The van der Waals surface area contributed by atoms with Crippen LogP contribution in [0.4, 0.5) is 0 Å². The number of aliphatic imine (C=N–C) groups is 1. The van der Waals surface area contributed by atoms with Gasteiger partial charge in [-0.25, -0.2) is 0 Å². The number of hydrogen-bond donors (Lipinski definition) is 0. The maximum Gasteiger partial charge on any atom is 0.100 e. The van der Waals surface area contributed by atoms with Gasteiger partial charge < -0.3 is 0 Å². The first-order valence-corrected chi connectivity index (χ1v) is 7.50. The minimum Gasteiger partial charge on any atom is -0.265 e. The molecule has 0 aliphatic heterocycles. The van der Waals surface area contributed by atoms with E-state index in [9.17, 15) is 4.91 Å². The SMILES string of the molecule is C=C(/C=C\C(=C\C)C(C)CC=NC1=C(C)C=CC=CC1)N=O. The molecule has 0 aromatic rings. The summed E-state index contributed by atoms with van der Waals surface area (Å²) in [5, 5.41) is 2.79. The van der Waals surface area contributed by atoms with Gasteiger partial charge in [-0.15, -0.1) is 4.91 Å². The lowest BCUT2D eigenvalue weighted by molar-refractivity contribution is 0.739. The van der Waals surface area contributed by atoms with E-state index in [0.717, 1.165) is 24.1 Å². The molecule has 3 nitrogen and oxygen atoms in total. The largest absolute Gasteiger partial charge is 0.265 e. The van der Waals surface area contributed by atoms with E-state index in [1.807, 2.05) is 37.4 Å². The molecule has 0 spiro atoms. The van der Waals surface area contributed by atoms with Gasteiger partial charge in [0.2, 0.25) is 0 Å². The second-order valence-electron chi connectivity index (χ2n) is 5.27. The minimum atomic E-state index is 0.234. The molecule has 0 amide bonds. The molecule has 1 rings (SSSR count). The molecule has 1 aliphatic rings. The zero-order valence-electron chi connectivity index (χ0n) is 13.6. The smallest absolute Gasteiger partial charge is 0.100 e. The Hall–Kier alpha value is -2.29. The topological polar surface area (TPSA) is 41.8 Å². The Bertz CT molecular complexity index is 587. The zero-order chi connectivity index (χ0) is 16.4. The molecule has 0 bridgehead atoms. The second-order valence-corrected chi connectivity index (χ2v) is 5.27. The predicted octanol–water partition coefficient (Wildman–Crippen LogP) is 5.66. The lowest BCUT2D eigenvalue weighted by atomic mass is 9.97. The molecule has 3 heteroatoms. The van der Waals surface area contributed by atoms with Crippen LogP contribution in [-0.4, -0.2) is 6.21 Å². The van der Waals surface area contributed by atoms with Crippen LogP contribution < -0.4 is 0 Å². The highest BCUT2D eigenvalue weighted by atomic mass is 16.3. The lowest BCUT2D eigenvalue weighted by Crippen LogP contribution is -1.98. The molecule has 0 aromatic heterocycles. The fourth-order valence-electron chi connectivity index (χ4n) is 2.09. The molecule has 0 aromatic carbocycles. The van der Waals surface area contributed by atoms with E-state index in [1.165, 1.54) is 5.57 Å². The van der Waals surface area contributed by atoms with Gasteiger partial charge in [-0.1, -0.05) is 50.0 Å². The van der Waals surface area contributed by atoms with Gasteiger partial charge in [0.15, 0.2) is 0 Å². The van der Waals surface area contributed by atoms with Crippen molar-refractivity contribution in [1.82, 2.24) is 0 Å². The zero-order valence-corrected chi connectivity index (χ0v) is 13.6. The van der Waals surface area contributed by atoms with Gasteiger partial charge >= 0.3 is 0 Å². The first-order valence-electron chi connectivity index (χ1n) is 7.50. The Labute approximate surface area is 133 Å². The van der Waals surface area contributed by atoms with Crippen molar-refractivity contribution in [2.45, 2.75) is 33.6 Å². The Morgan fingerprint density at radius 3 is 2.86 bits per heavy atom. The van der Waals surface area contributed by atoms with Gasteiger partial charge in [0.05, 0.1) is 0 Å². The van der Waals surface area contributed by atoms with Gasteiger partial charge in [-0.2, -0.15) is 0 Å². The number of nitroso groups, excluding NO2 is 1. The minimum absolute atomic E-state index is 0.234. The number of nitrogens with zero attached hydrogens (tertiary/aromatic N) is 2. The first-order chi connectivity index (χ1) is 10.6. The van der Waals surface area contributed by atoms with E-state index >= 15 is 0 Å². The highest BCUT2D eigenvalue weighted by Crippen LogP contribution is 2.18.